The molecule has 0 radical (unpaired) electrons. The van der Waals surface area contributed by atoms with Gasteiger partial charge in [0.1, 0.15) is 10.6 Å². The SMILES string of the molecule is CCOC(=O)c1csc2ncn(CC(=O)c3ccc(F)cc3)c(=O)c12. The lowest BCUT2D eigenvalue weighted by Gasteiger charge is -2.06. The van der Waals surface area contributed by atoms with Crippen LogP contribution < -0.4 is 5.56 Å². The number of halogens is 1. The molecular weight excluding hydrogens is 347 g/mol. The number of aromatic nitrogens is 2. The summed E-state index contributed by atoms with van der Waals surface area (Å²) in [5, 5.41) is 1.65. The van der Waals surface area contributed by atoms with Crippen molar-refractivity contribution in [1.82, 2.24) is 9.55 Å². The number of carbonyl (C=O) groups is 2. The van der Waals surface area contributed by atoms with E-state index in [9.17, 15) is 18.8 Å². The highest BCUT2D eigenvalue weighted by molar-refractivity contribution is 7.17. The summed E-state index contributed by atoms with van der Waals surface area (Å²) in [5.74, 6) is -1.42. The minimum absolute atomic E-state index is 0.137. The second kappa shape index (κ2) is 6.94. The second-order valence-corrected chi connectivity index (χ2v) is 6.02. The van der Waals surface area contributed by atoms with Crippen LogP contribution in [0.15, 0.2) is 40.8 Å². The van der Waals surface area contributed by atoms with E-state index < -0.39 is 17.3 Å². The van der Waals surface area contributed by atoms with E-state index in [2.05, 4.69) is 4.98 Å². The molecule has 0 saturated heterocycles. The molecule has 6 nitrogen and oxygen atoms in total. The maximum absolute atomic E-state index is 12.9. The molecule has 1 aromatic carbocycles. The second-order valence-electron chi connectivity index (χ2n) is 5.16. The third-order valence-electron chi connectivity index (χ3n) is 3.54. The summed E-state index contributed by atoms with van der Waals surface area (Å²) in [5.41, 5.74) is -0.0722. The highest BCUT2D eigenvalue weighted by Crippen LogP contribution is 2.21. The summed E-state index contributed by atoms with van der Waals surface area (Å²) in [6.45, 7) is 1.60. The number of carbonyl (C=O) groups excluding carboxylic acids is 2. The summed E-state index contributed by atoms with van der Waals surface area (Å²) >= 11 is 1.16. The predicted molar refractivity (Wildman–Crippen MR) is 90.6 cm³/mol. The first-order valence-corrected chi connectivity index (χ1v) is 8.31. The normalized spacial score (nSPS) is 10.8. The van der Waals surface area contributed by atoms with Crippen LogP contribution in [0.5, 0.6) is 0 Å². The lowest BCUT2D eigenvalue weighted by atomic mass is 10.1. The third-order valence-corrected chi connectivity index (χ3v) is 4.42. The molecular formula is C17H13FN2O4S. The summed E-state index contributed by atoms with van der Waals surface area (Å²) in [6, 6.07) is 5.05. The van der Waals surface area contributed by atoms with Crippen molar-refractivity contribution in [3.63, 3.8) is 0 Å². The Bertz CT molecular complexity index is 1010. The number of nitrogens with zero attached hydrogens (tertiary/aromatic N) is 2. The van der Waals surface area contributed by atoms with Crippen molar-refractivity contribution < 1.29 is 18.7 Å². The fourth-order valence-electron chi connectivity index (χ4n) is 2.32. The van der Waals surface area contributed by atoms with E-state index in [0.717, 1.165) is 15.9 Å². The largest absolute Gasteiger partial charge is 0.462 e. The van der Waals surface area contributed by atoms with E-state index >= 15 is 0 Å². The fourth-order valence-corrected chi connectivity index (χ4v) is 3.19. The van der Waals surface area contributed by atoms with Crippen molar-refractivity contribution >= 4 is 33.3 Å². The first kappa shape index (κ1) is 17.0. The van der Waals surface area contributed by atoms with E-state index in [0.29, 0.717) is 4.83 Å². The highest BCUT2D eigenvalue weighted by Gasteiger charge is 2.19. The number of thiophene rings is 1. The molecule has 128 valence electrons. The van der Waals surface area contributed by atoms with E-state index in [-0.39, 0.29) is 35.4 Å². The van der Waals surface area contributed by atoms with Gasteiger partial charge in [-0.05, 0) is 31.2 Å². The number of benzene rings is 1. The molecule has 0 spiro atoms. The zero-order valence-electron chi connectivity index (χ0n) is 13.2. The maximum Gasteiger partial charge on any atom is 0.339 e. The van der Waals surface area contributed by atoms with Crippen LogP contribution in [0.25, 0.3) is 10.2 Å². The van der Waals surface area contributed by atoms with Crippen LogP contribution in [-0.2, 0) is 11.3 Å². The Morgan fingerprint density at radius 2 is 2.00 bits per heavy atom. The molecule has 3 rings (SSSR count). The van der Waals surface area contributed by atoms with Gasteiger partial charge in [0, 0.05) is 10.9 Å². The average Bonchev–Trinajstić information content (AvgIpc) is 3.03. The van der Waals surface area contributed by atoms with Gasteiger partial charge < -0.3 is 4.74 Å². The van der Waals surface area contributed by atoms with Crippen molar-refractivity contribution in [1.29, 1.82) is 0 Å². The van der Waals surface area contributed by atoms with Gasteiger partial charge in [0.15, 0.2) is 5.78 Å². The van der Waals surface area contributed by atoms with Gasteiger partial charge in [-0.1, -0.05) is 0 Å². The number of fused-ring (bicyclic) bond motifs is 1. The number of hydrogen-bond donors (Lipinski definition) is 0. The molecule has 25 heavy (non-hydrogen) atoms. The first-order chi connectivity index (χ1) is 12.0. The van der Waals surface area contributed by atoms with Crippen molar-refractivity contribution in [3.8, 4) is 0 Å². The number of ether oxygens (including phenoxy) is 1. The van der Waals surface area contributed by atoms with Crippen molar-refractivity contribution in [2.75, 3.05) is 6.61 Å². The predicted octanol–water partition coefficient (Wildman–Crippen LogP) is 2.66. The van der Waals surface area contributed by atoms with Gasteiger partial charge in [-0.25, -0.2) is 14.2 Å². The quantitative estimate of drug-likeness (QED) is 0.516. The van der Waals surface area contributed by atoms with Crippen molar-refractivity contribution in [3.05, 3.63) is 63.3 Å². The van der Waals surface area contributed by atoms with Gasteiger partial charge in [0.2, 0.25) is 0 Å². The van der Waals surface area contributed by atoms with Gasteiger partial charge in [-0.15, -0.1) is 11.3 Å². The molecule has 0 N–H and O–H groups in total. The Kier molecular flexibility index (Phi) is 4.71. The van der Waals surface area contributed by atoms with Crippen LogP contribution in [0.4, 0.5) is 4.39 Å². The minimum Gasteiger partial charge on any atom is -0.462 e. The van der Waals surface area contributed by atoms with E-state index in [1.54, 1.807) is 6.92 Å². The zero-order valence-corrected chi connectivity index (χ0v) is 14.0. The lowest BCUT2D eigenvalue weighted by molar-refractivity contribution is 0.0529. The van der Waals surface area contributed by atoms with Gasteiger partial charge in [-0.3, -0.25) is 14.2 Å². The fraction of sp³-hybridized carbons (Fsp3) is 0.176. The average molecular weight is 360 g/mol. The van der Waals surface area contributed by atoms with E-state index in [4.69, 9.17) is 4.74 Å². The highest BCUT2D eigenvalue weighted by atomic mass is 32.1. The standard InChI is InChI=1S/C17H13FN2O4S/c1-2-24-17(23)12-8-25-15-14(12)16(22)20(9-19-15)7-13(21)10-3-5-11(18)6-4-10/h3-6,8-9H,2,7H2,1H3. The number of esters is 1. The van der Waals surface area contributed by atoms with Crippen LogP contribution in [0, 0.1) is 5.82 Å². The molecule has 0 bridgehead atoms. The van der Waals surface area contributed by atoms with Crippen LogP contribution in [-0.4, -0.2) is 27.9 Å². The molecule has 0 fully saturated rings. The van der Waals surface area contributed by atoms with Crippen LogP contribution in [0.2, 0.25) is 0 Å². The van der Waals surface area contributed by atoms with Crippen molar-refractivity contribution in [2.45, 2.75) is 13.5 Å². The Morgan fingerprint density at radius 3 is 2.68 bits per heavy atom. The molecule has 0 aliphatic rings. The molecule has 3 aromatic rings. The summed E-state index contributed by atoms with van der Waals surface area (Å²) in [6.07, 6.45) is 1.26. The molecule has 0 aliphatic carbocycles. The number of hydrogen-bond acceptors (Lipinski definition) is 6. The molecule has 0 aliphatic heterocycles. The summed E-state index contributed by atoms with van der Waals surface area (Å²) in [7, 11) is 0. The molecule has 2 aromatic heterocycles. The lowest BCUT2D eigenvalue weighted by Crippen LogP contribution is -2.25. The van der Waals surface area contributed by atoms with Gasteiger partial charge in [0.25, 0.3) is 5.56 Å². The monoisotopic (exact) mass is 360 g/mol. The van der Waals surface area contributed by atoms with Crippen LogP contribution in [0.1, 0.15) is 27.6 Å². The molecule has 2 heterocycles. The first-order valence-electron chi connectivity index (χ1n) is 7.43. The minimum atomic E-state index is -0.602. The Labute approximate surface area is 145 Å². The molecule has 0 unspecified atom stereocenters. The molecule has 0 atom stereocenters. The summed E-state index contributed by atoms with van der Waals surface area (Å²) in [4.78, 5) is 41.4. The Balaban J connectivity index is 1.97. The molecule has 0 saturated carbocycles. The maximum atomic E-state index is 12.9. The van der Waals surface area contributed by atoms with E-state index in [1.807, 2.05) is 0 Å². The van der Waals surface area contributed by atoms with Crippen LogP contribution in [0.3, 0.4) is 0 Å². The number of ketones is 1. The summed E-state index contributed by atoms with van der Waals surface area (Å²) < 4.78 is 19.0. The zero-order chi connectivity index (χ0) is 18.0. The third kappa shape index (κ3) is 3.34. The van der Waals surface area contributed by atoms with Crippen LogP contribution >= 0.6 is 11.3 Å². The smallest absolute Gasteiger partial charge is 0.339 e. The van der Waals surface area contributed by atoms with Gasteiger partial charge >= 0.3 is 5.97 Å². The Morgan fingerprint density at radius 1 is 1.28 bits per heavy atom. The topological polar surface area (TPSA) is 78.3 Å². The van der Waals surface area contributed by atoms with Gasteiger partial charge in [0.05, 0.1) is 30.4 Å². The molecule has 0 amide bonds. The molecule has 8 heteroatoms. The van der Waals surface area contributed by atoms with Crippen molar-refractivity contribution in [2.24, 2.45) is 0 Å². The number of rotatable bonds is 5. The number of Topliss-reactive ketones (excluding diaryl/α,β-unsaturated/α-hetero) is 1. The van der Waals surface area contributed by atoms with E-state index in [1.165, 1.54) is 36.0 Å². The Hall–Kier alpha value is -2.87. The van der Waals surface area contributed by atoms with Gasteiger partial charge in [-0.2, -0.15) is 0 Å².